The lowest BCUT2D eigenvalue weighted by Gasteiger charge is -2.10. The number of carboxylic acids is 1. The van der Waals surface area contributed by atoms with Crippen LogP contribution in [0.3, 0.4) is 0 Å². The molecular formula is C24H22ClNO4. The number of methoxy groups -OCH3 is 1. The van der Waals surface area contributed by atoms with Gasteiger partial charge in [0, 0.05) is 11.6 Å². The van der Waals surface area contributed by atoms with Crippen molar-refractivity contribution in [2.24, 2.45) is 0 Å². The van der Waals surface area contributed by atoms with E-state index in [0.717, 1.165) is 22.3 Å². The highest BCUT2D eigenvalue weighted by atomic mass is 35.5. The predicted octanol–water partition coefficient (Wildman–Crippen LogP) is 4.62. The number of ether oxygens (including phenoxy) is 1. The number of halogens is 1. The Morgan fingerprint density at radius 3 is 2.10 bits per heavy atom. The molecule has 1 amide bonds. The Bertz CT molecular complexity index is 1030. The maximum atomic E-state index is 12.4. The molecule has 0 aromatic heterocycles. The van der Waals surface area contributed by atoms with Crippen LogP contribution >= 0.6 is 11.6 Å². The largest absolute Gasteiger partial charge is 0.496 e. The molecule has 3 aromatic carbocycles. The Morgan fingerprint density at radius 2 is 1.53 bits per heavy atom. The minimum absolute atomic E-state index is 0.0198. The number of nitrogens with one attached hydrogen (secondary N) is 1. The van der Waals surface area contributed by atoms with E-state index < -0.39 is 5.97 Å². The van der Waals surface area contributed by atoms with Crippen molar-refractivity contribution < 1.29 is 19.4 Å². The van der Waals surface area contributed by atoms with Crippen LogP contribution in [-0.2, 0) is 17.6 Å². The molecule has 0 saturated carbocycles. The Hall–Kier alpha value is -3.31. The molecule has 0 fully saturated rings. The van der Waals surface area contributed by atoms with Gasteiger partial charge in [-0.15, -0.1) is 0 Å². The summed E-state index contributed by atoms with van der Waals surface area (Å²) in [6.07, 6.45) is 0.707. The van der Waals surface area contributed by atoms with Crippen LogP contribution in [0.25, 0.3) is 11.1 Å². The van der Waals surface area contributed by atoms with Gasteiger partial charge in [-0.3, -0.25) is 9.59 Å². The molecule has 0 radical (unpaired) electrons. The summed E-state index contributed by atoms with van der Waals surface area (Å²) in [5, 5.41) is 12.2. The van der Waals surface area contributed by atoms with Gasteiger partial charge in [0.15, 0.2) is 0 Å². The maximum Gasteiger partial charge on any atom is 0.307 e. The van der Waals surface area contributed by atoms with E-state index in [0.29, 0.717) is 29.3 Å². The molecule has 154 valence electrons. The van der Waals surface area contributed by atoms with Gasteiger partial charge < -0.3 is 15.2 Å². The molecule has 0 atom stereocenters. The number of hydrogen-bond donors (Lipinski definition) is 2. The fraction of sp³-hybridized carbons (Fsp3) is 0.167. The summed E-state index contributed by atoms with van der Waals surface area (Å²) in [7, 11) is 1.52. The van der Waals surface area contributed by atoms with Crippen molar-refractivity contribution in [1.82, 2.24) is 5.32 Å². The lowest BCUT2D eigenvalue weighted by molar-refractivity contribution is -0.136. The van der Waals surface area contributed by atoms with Crippen molar-refractivity contribution in [2.45, 2.75) is 12.8 Å². The van der Waals surface area contributed by atoms with Gasteiger partial charge in [0.1, 0.15) is 5.75 Å². The molecule has 0 spiro atoms. The summed E-state index contributed by atoms with van der Waals surface area (Å²) >= 11 is 5.98. The predicted molar refractivity (Wildman–Crippen MR) is 117 cm³/mol. The summed E-state index contributed by atoms with van der Waals surface area (Å²) in [6.45, 7) is 0.484. The second-order valence-corrected chi connectivity index (χ2v) is 7.25. The highest BCUT2D eigenvalue weighted by Gasteiger charge is 2.12. The number of carbonyl (C=O) groups excluding carboxylic acids is 1. The zero-order valence-electron chi connectivity index (χ0n) is 16.5. The number of rotatable bonds is 8. The van der Waals surface area contributed by atoms with E-state index in [1.165, 1.54) is 7.11 Å². The van der Waals surface area contributed by atoms with Crippen molar-refractivity contribution >= 4 is 23.5 Å². The molecular weight excluding hydrogens is 402 g/mol. The van der Waals surface area contributed by atoms with Crippen LogP contribution in [0, 0.1) is 0 Å². The van der Waals surface area contributed by atoms with Crippen LogP contribution in [0.15, 0.2) is 66.7 Å². The summed E-state index contributed by atoms with van der Waals surface area (Å²) in [6, 6.07) is 20.5. The van der Waals surface area contributed by atoms with Gasteiger partial charge in [-0.1, -0.05) is 60.1 Å². The SMILES string of the molecule is COc1ccc(Cl)cc1C(=O)NCCc1ccc(-c2ccc(CC(=O)O)cc2)cc1. The number of benzene rings is 3. The second kappa shape index (κ2) is 9.94. The zero-order valence-corrected chi connectivity index (χ0v) is 17.3. The van der Waals surface area contributed by atoms with Crippen molar-refractivity contribution in [2.75, 3.05) is 13.7 Å². The summed E-state index contributed by atoms with van der Waals surface area (Å²) < 4.78 is 5.22. The Balaban J connectivity index is 1.57. The molecule has 6 heteroatoms. The first kappa shape index (κ1) is 21.4. The van der Waals surface area contributed by atoms with Gasteiger partial charge in [0.05, 0.1) is 19.1 Å². The van der Waals surface area contributed by atoms with Gasteiger partial charge in [-0.25, -0.2) is 0 Å². The maximum absolute atomic E-state index is 12.4. The van der Waals surface area contributed by atoms with Gasteiger partial charge >= 0.3 is 5.97 Å². The molecule has 0 saturated heterocycles. The number of carboxylic acid groups (broad SMARTS) is 1. The number of hydrogen-bond acceptors (Lipinski definition) is 3. The smallest absolute Gasteiger partial charge is 0.307 e. The van der Waals surface area contributed by atoms with E-state index in [1.807, 2.05) is 48.5 Å². The Labute approximate surface area is 180 Å². The Kier molecular flexibility index (Phi) is 7.09. The monoisotopic (exact) mass is 423 g/mol. The average Bonchev–Trinajstić information content (AvgIpc) is 2.74. The van der Waals surface area contributed by atoms with Gasteiger partial charge in [-0.05, 0) is 46.9 Å². The number of aliphatic carboxylic acids is 1. The van der Waals surface area contributed by atoms with Crippen LogP contribution in [0.1, 0.15) is 21.5 Å². The number of carbonyl (C=O) groups is 2. The molecule has 3 rings (SSSR count). The fourth-order valence-corrected chi connectivity index (χ4v) is 3.30. The summed E-state index contributed by atoms with van der Waals surface area (Å²) in [4.78, 5) is 23.2. The highest BCUT2D eigenvalue weighted by molar-refractivity contribution is 6.31. The molecule has 0 heterocycles. The quantitative estimate of drug-likeness (QED) is 0.554. The standard InChI is InChI=1S/C24H22ClNO4/c1-30-22-11-10-20(25)15-21(22)24(29)26-13-12-16-2-6-18(7-3-16)19-8-4-17(5-9-19)14-23(27)28/h2-11,15H,12-14H2,1H3,(H,26,29)(H,27,28). The van der Waals surface area contributed by atoms with E-state index in [4.69, 9.17) is 21.4 Å². The minimum atomic E-state index is -0.840. The zero-order chi connectivity index (χ0) is 21.5. The molecule has 3 aromatic rings. The first-order valence-electron chi connectivity index (χ1n) is 9.48. The normalized spacial score (nSPS) is 10.5. The third-order valence-corrected chi connectivity index (χ3v) is 4.94. The fourth-order valence-electron chi connectivity index (χ4n) is 3.13. The van der Waals surface area contributed by atoms with Gasteiger partial charge in [-0.2, -0.15) is 0 Å². The van der Waals surface area contributed by atoms with E-state index in [1.54, 1.807) is 18.2 Å². The van der Waals surface area contributed by atoms with E-state index in [9.17, 15) is 9.59 Å². The van der Waals surface area contributed by atoms with E-state index in [-0.39, 0.29) is 12.3 Å². The summed E-state index contributed by atoms with van der Waals surface area (Å²) in [5.41, 5.74) is 4.35. The van der Waals surface area contributed by atoms with Gasteiger partial charge in [0.2, 0.25) is 0 Å². The second-order valence-electron chi connectivity index (χ2n) is 6.81. The lowest BCUT2D eigenvalue weighted by atomic mass is 10.0. The number of amides is 1. The van der Waals surface area contributed by atoms with E-state index >= 15 is 0 Å². The molecule has 0 unspecified atom stereocenters. The third kappa shape index (κ3) is 5.61. The van der Waals surface area contributed by atoms with Crippen LogP contribution < -0.4 is 10.1 Å². The van der Waals surface area contributed by atoms with Crippen LogP contribution in [0.5, 0.6) is 5.75 Å². The van der Waals surface area contributed by atoms with Crippen LogP contribution in [0.4, 0.5) is 0 Å². The molecule has 0 bridgehead atoms. The van der Waals surface area contributed by atoms with Crippen molar-refractivity contribution in [3.05, 3.63) is 88.4 Å². The third-order valence-electron chi connectivity index (χ3n) is 4.70. The van der Waals surface area contributed by atoms with Crippen LogP contribution in [0.2, 0.25) is 5.02 Å². The van der Waals surface area contributed by atoms with Crippen molar-refractivity contribution in [3.63, 3.8) is 0 Å². The lowest BCUT2D eigenvalue weighted by Crippen LogP contribution is -2.26. The van der Waals surface area contributed by atoms with Crippen molar-refractivity contribution in [3.8, 4) is 16.9 Å². The molecule has 30 heavy (non-hydrogen) atoms. The van der Waals surface area contributed by atoms with Crippen molar-refractivity contribution in [1.29, 1.82) is 0 Å². The average molecular weight is 424 g/mol. The molecule has 0 aliphatic rings. The molecule has 5 nitrogen and oxygen atoms in total. The summed E-state index contributed by atoms with van der Waals surface area (Å²) in [5.74, 6) is -0.587. The molecule has 0 aliphatic heterocycles. The minimum Gasteiger partial charge on any atom is -0.496 e. The Morgan fingerprint density at radius 1 is 0.933 bits per heavy atom. The molecule has 2 N–H and O–H groups in total. The van der Waals surface area contributed by atoms with E-state index in [2.05, 4.69) is 5.32 Å². The first-order chi connectivity index (χ1) is 14.5. The first-order valence-corrected chi connectivity index (χ1v) is 9.86. The highest BCUT2D eigenvalue weighted by Crippen LogP contribution is 2.23. The molecule has 0 aliphatic carbocycles. The van der Waals surface area contributed by atoms with Gasteiger partial charge in [0.25, 0.3) is 5.91 Å². The topological polar surface area (TPSA) is 75.6 Å². The van der Waals surface area contributed by atoms with Crippen LogP contribution in [-0.4, -0.2) is 30.6 Å².